The van der Waals surface area contributed by atoms with E-state index in [0.29, 0.717) is 11.3 Å². The van der Waals surface area contributed by atoms with Gasteiger partial charge in [0.1, 0.15) is 0 Å². The van der Waals surface area contributed by atoms with Crippen LogP contribution < -0.4 is 5.32 Å². The van der Waals surface area contributed by atoms with Gasteiger partial charge in [-0.15, -0.1) is 0 Å². The van der Waals surface area contributed by atoms with E-state index in [0.717, 1.165) is 39.1 Å². The van der Waals surface area contributed by atoms with Gasteiger partial charge in [0, 0.05) is 45.7 Å². The molecule has 2 aliphatic heterocycles. The predicted molar refractivity (Wildman–Crippen MR) is 71.4 cm³/mol. The molecule has 1 N–H and O–H groups in total. The molecule has 3 fully saturated rings. The van der Waals surface area contributed by atoms with Crippen LogP contribution >= 0.6 is 0 Å². The third-order valence-electron chi connectivity index (χ3n) is 5.04. The molecule has 2 heterocycles. The van der Waals surface area contributed by atoms with Crippen LogP contribution in [0.15, 0.2) is 0 Å². The lowest BCUT2D eigenvalue weighted by Gasteiger charge is -2.38. The molecule has 0 atom stereocenters. The first-order valence-electron chi connectivity index (χ1n) is 7.48. The first-order chi connectivity index (χ1) is 8.77. The summed E-state index contributed by atoms with van der Waals surface area (Å²) in [6.07, 6.45) is 6.36. The van der Waals surface area contributed by atoms with Crippen LogP contribution in [0.1, 0.15) is 32.1 Å². The largest absolute Gasteiger partial charge is 0.340 e. The number of piperazine rings is 1. The topological polar surface area (TPSA) is 35.6 Å². The monoisotopic (exact) mass is 251 g/mol. The number of nitrogens with one attached hydrogen (secondary N) is 1. The fraction of sp³-hybridized carbons (Fsp3) is 0.929. The highest BCUT2D eigenvalue weighted by Crippen LogP contribution is 2.47. The van der Waals surface area contributed by atoms with E-state index in [1.165, 1.54) is 38.8 Å². The summed E-state index contributed by atoms with van der Waals surface area (Å²) in [4.78, 5) is 16.6. The summed E-state index contributed by atoms with van der Waals surface area (Å²) in [6, 6.07) is 0. The summed E-state index contributed by atoms with van der Waals surface area (Å²) >= 11 is 0. The van der Waals surface area contributed by atoms with E-state index in [1.807, 2.05) is 4.90 Å². The SMILES string of the molecule is O=C(CCN1CCC2(CCC2)C1)N1CCNCC1. The van der Waals surface area contributed by atoms with E-state index in [2.05, 4.69) is 10.2 Å². The van der Waals surface area contributed by atoms with Gasteiger partial charge in [-0.3, -0.25) is 4.79 Å². The van der Waals surface area contributed by atoms with Gasteiger partial charge in [0.05, 0.1) is 0 Å². The van der Waals surface area contributed by atoms with Crippen LogP contribution in [0.3, 0.4) is 0 Å². The Hall–Kier alpha value is -0.610. The molecule has 1 amide bonds. The Kier molecular flexibility index (Phi) is 3.57. The van der Waals surface area contributed by atoms with Crippen molar-refractivity contribution in [3.63, 3.8) is 0 Å². The van der Waals surface area contributed by atoms with Gasteiger partial charge in [-0.05, 0) is 31.2 Å². The lowest BCUT2D eigenvalue weighted by molar-refractivity contribution is -0.132. The van der Waals surface area contributed by atoms with Crippen molar-refractivity contribution >= 4 is 5.91 Å². The molecule has 4 nitrogen and oxygen atoms in total. The maximum Gasteiger partial charge on any atom is 0.223 e. The maximum absolute atomic E-state index is 12.1. The van der Waals surface area contributed by atoms with Crippen LogP contribution in [0, 0.1) is 5.41 Å². The molecule has 18 heavy (non-hydrogen) atoms. The molecule has 0 radical (unpaired) electrons. The van der Waals surface area contributed by atoms with Gasteiger partial charge in [-0.2, -0.15) is 0 Å². The average Bonchev–Trinajstić information content (AvgIpc) is 2.81. The molecule has 1 aliphatic carbocycles. The minimum absolute atomic E-state index is 0.353. The number of likely N-dealkylation sites (tertiary alicyclic amines) is 1. The summed E-state index contributed by atoms with van der Waals surface area (Å²) in [5.74, 6) is 0.353. The zero-order valence-electron chi connectivity index (χ0n) is 11.3. The van der Waals surface area contributed by atoms with Crippen molar-refractivity contribution in [1.29, 1.82) is 0 Å². The average molecular weight is 251 g/mol. The molecule has 0 bridgehead atoms. The molecule has 102 valence electrons. The van der Waals surface area contributed by atoms with Crippen LogP contribution in [-0.2, 0) is 4.79 Å². The summed E-state index contributed by atoms with van der Waals surface area (Å²) in [5, 5.41) is 3.29. The fourth-order valence-corrected chi connectivity index (χ4v) is 3.63. The Labute approximate surface area is 110 Å². The van der Waals surface area contributed by atoms with Crippen molar-refractivity contribution in [3.8, 4) is 0 Å². The Balaban J connectivity index is 1.40. The second-order valence-electron chi connectivity index (χ2n) is 6.26. The third-order valence-corrected chi connectivity index (χ3v) is 5.04. The van der Waals surface area contributed by atoms with Gasteiger partial charge in [-0.25, -0.2) is 0 Å². The first-order valence-corrected chi connectivity index (χ1v) is 7.48. The van der Waals surface area contributed by atoms with Crippen molar-refractivity contribution < 1.29 is 4.79 Å². The Morgan fingerprint density at radius 2 is 1.89 bits per heavy atom. The molecular formula is C14H25N3O. The van der Waals surface area contributed by atoms with E-state index in [9.17, 15) is 4.79 Å². The molecule has 0 aromatic heterocycles. The molecule has 0 unspecified atom stereocenters. The summed E-state index contributed by atoms with van der Waals surface area (Å²) in [7, 11) is 0. The first kappa shape index (κ1) is 12.4. The van der Waals surface area contributed by atoms with Crippen LogP contribution in [0.25, 0.3) is 0 Å². The number of carbonyl (C=O) groups excluding carboxylic acids is 1. The van der Waals surface area contributed by atoms with Gasteiger partial charge in [0.15, 0.2) is 0 Å². The number of hydrogen-bond acceptors (Lipinski definition) is 3. The lowest BCUT2D eigenvalue weighted by Crippen LogP contribution is -2.47. The highest BCUT2D eigenvalue weighted by Gasteiger charge is 2.42. The van der Waals surface area contributed by atoms with Gasteiger partial charge >= 0.3 is 0 Å². The number of hydrogen-bond donors (Lipinski definition) is 1. The van der Waals surface area contributed by atoms with E-state index < -0.39 is 0 Å². The second kappa shape index (κ2) is 5.17. The zero-order chi connectivity index (χ0) is 12.4. The van der Waals surface area contributed by atoms with Crippen molar-refractivity contribution in [2.45, 2.75) is 32.1 Å². The number of nitrogens with zero attached hydrogens (tertiary/aromatic N) is 2. The van der Waals surface area contributed by atoms with Gasteiger partial charge < -0.3 is 15.1 Å². The Morgan fingerprint density at radius 1 is 1.11 bits per heavy atom. The Bertz CT molecular complexity index is 308. The van der Waals surface area contributed by atoms with Crippen LogP contribution in [0.5, 0.6) is 0 Å². The van der Waals surface area contributed by atoms with E-state index >= 15 is 0 Å². The van der Waals surface area contributed by atoms with E-state index in [-0.39, 0.29) is 0 Å². The van der Waals surface area contributed by atoms with Gasteiger partial charge in [-0.1, -0.05) is 6.42 Å². The third kappa shape index (κ3) is 2.54. The van der Waals surface area contributed by atoms with Crippen molar-refractivity contribution in [2.75, 3.05) is 45.8 Å². The van der Waals surface area contributed by atoms with Crippen LogP contribution in [0.2, 0.25) is 0 Å². The van der Waals surface area contributed by atoms with Gasteiger partial charge in [0.25, 0.3) is 0 Å². The van der Waals surface area contributed by atoms with Crippen LogP contribution in [0.4, 0.5) is 0 Å². The normalized spacial score (nSPS) is 27.4. The Morgan fingerprint density at radius 3 is 2.50 bits per heavy atom. The summed E-state index contributed by atoms with van der Waals surface area (Å²) in [5.41, 5.74) is 0.665. The van der Waals surface area contributed by atoms with Crippen LogP contribution in [-0.4, -0.2) is 61.5 Å². The molecule has 3 rings (SSSR count). The summed E-state index contributed by atoms with van der Waals surface area (Å²) < 4.78 is 0. The number of carbonyl (C=O) groups is 1. The second-order valence-corrected chi connectivity index (χ2v) is 6.26. The van der Waals surface area contributed by atoms with Crippen molar-refractivity contribution in [2.24, 2.45) is 5.41 Å². The molecule has 0 aromatic rings. The lowest BCUT2D eigenvalue weighted by atomic mass is 9.68. The van der Waals surface area contributed by atoms with Crippen molar-refractivity contribution in [3.05, 3.63) is 0 Å². The maximum atomic E-state index is 12.1. The molecule has 1 saturated carbocycles. The number of amides is 1. The smallest absolute Gasteiger partial charge is 0.223 e. The summed E-state index contributed by atoms with van der Waals surface area (Å²) in [6.45, 7) is 7.14. The minimum atomic E-state index is 0.353. The molecule has 1 spiro atoms. The predicted octanol–water partition coefficient (Wildman–Crippen LogP) is 0.684. The fourth-order valence-electron chi connectivity index (χ4n) is 3.63. The van der Waals surface area contributed by atoms with Gasteiger partial charge in [0.2, 0.25) is 5.91 Å². The minimum Gasteiger partial charge on any atom is -0.340 e. The molecular weight excluding hydrogens is 226 g/mol. The molecule has 2 saturated heterocycles. The molecule has 3 aliphatic rings. The van der Waals surface area contributed by atoms with E-state index in [1.54, 1.807) is 0 Å². The number of rotatable bonds is 3. The standard InChI is InChI=1S/C14H25N3O/c18-13(17-10-6-15-7-11-17)2-8-16-9-5-14(12-16)3-1-4-14/h15H,1-12H2. The quantitative estimate of drug-likeness (QED) is 0.801. The molecule has 4 heteroatoms. The van der Waals surface area contributed by atoms with Crippen molar-refractivity contribution in [1.82, 2.24) is 15.1 Å². The van der Waals surface area contributed by atoms with E-state index in [4.69, 9.17) is 0 Å². The molecule has 0 aromatic carbocycles. The highest BCUT2D eigenvalue weighted by molar-refractivity contribution is 5.76. The highest BCUT2D eigenvalue weighted by atomic mass is 16.2. The zero-order valence-corrected chi connectivity index (χ0v) is 11.3.